The van der Waals surface area contributed by atoms with E-state index in [4.69, 9.17) is 0 Å². The zero-order valence-electron chi connectivity index (χ0n) is 5.85. The molecule has 52 valence electrons. The van der Waals surface area contributed by atoms with Gasteiger partial charge in [-0.2, -0.15) is 0 Å². The molecule has 1 N–H and O–H groups in total. The van der Waals surface area contributed by atoms with Crippen molar-refractivity contribution >= 4 is 5.91 Å². The first kappa shape index (κ1) is 6.55. The molecule has 1 unspecified atom stereocenters. The molecule has 0 bridgehead atoms. The van der Waals surface area contributed by atoms with Gasteiger partial charge in [0.2, 0.25) is 5.91 Å². The fraction of sp³-hybridized carbons (Fsp3) is 0.833. The van der Waals surface area contributed by atoms with Gasteiger partial charge < -0.3 is 0 Å². The van der Waals surface area contributed by atoms with Gasteiger partial charge in [-0.3, -0.25) is 10.2 Å². The Kier molecular flexibility index (Phi) is 1.71. The third kappa shape index (κ3) is 1.21. The number of nitrogens with zero attached hydrogens (tertiary/aromatic N) is 1. The van der Waals surface area contributed by atoms with Crippen LogP contribution in [0.15, 0.2) is 0 Å². The van der Waals surface area contributed by atoms with E-state index in [1.807, 2.05) is 12.1 Å². The van der Waals surface area contributed by atoms with E-state index < -0.39 is 0 Å². The molecule has 0 aromatic carbocycles. The lowest BCUT2D eigenvalue weighted by atomic mass is 10.2. The van der Waals surface area contributed by atoms with Crippen LogP contribution in [0.1, 0.15) is 19.8 Å². The minimum absolute atomic E-state index is 0.143. The van der Waals surface area contributed by atoms with Gasteiger partial charge in [-0.1, -0.05) is 6.92 Å². The predicted octanol–water partition coefficient (Wildman–Crippen LogP) is 0.132. The number of hydrogen-bond acceptors (Lipinski definition) is 2. The first-order chi connectivity index (χ1) is 4.24. The van der Waals surface area contributed by atoms with Crippen LogP contribution in [0.4, 0.5) is 0 Å². The van der Waals surface area contributed by atoms with Gasteiger partial charge in [0.05, 0.1) is 0 Å². The topological polar surface area (TPSA) is 32.3 Å². The summed E-state index contributed by atoms with van der Waals surface area (Å²) in [6.45, 7) is 2.08. The Morgan fingerprint density at radius 3 is 2.78 bits per heavy atom. The molecule has 0 radical (unpaired) electrons. The van der Waals surface area contributed by atoms with Gasteiger partial charge in [0.25, 0.3) is 0 Å². The summed E-state index contributed by atoms with van der Waals surface area (Å²) in [6, 6.07) is 0.414. The Morgan fingerprint density at radius 2 is 2.56 bits per heavy atom. The van der Waals surface area contributed by atoms with E-state index >= 15 is 0 Å². The van der Waals surface area contributed by atoms with Gasteiger partial charge in [0, 0.05) is 19.5 Å². The molecule has 1 aliphatic rings. The lowest BCUT2D eigenvalue weighted by molar-refractivity contribution is -0.120. The molecule has 1 aliphatic heterocycles. The van der Waals surface area contributed by atoms with Crippen LogP contribution in [0, 0.1) is 0 Å². The molecule has 3 heteroatoms. The SMILES string of the molecule is CCC1CC(=O)NN1C. The Balaban J connectivity index is 2.47. The van der Waals surface area contributed by atoms with Crippen molar-refractivity contribution in [2.75, 3.05) is 7.05 Å². The molecule has 3 nitrogen and oxygen atoms in total. The predicted molar refractivity (Wildman–Crippen MR) is 34.6 cm³/mol. The van der Waals surface area contributed by atoms with E-state index in [0.29, 0.717) is 12.5 Å². The number of hydrogen-bond donors (Lipinski definition) is 1. The maximum atomic E-state index is 10.7. The summed E-state index contributed by atoms with van der Waals surface area (Å²) in [4.78, 5) is 10.7. The smallest absolute Gasteiger partial charge is 0.235 e. The number of rotatable bonds is 1. The molecule has 1 saturated heterocycles. The van der Waals surface area contributed by atoms with Crippen LogP contribution in [0.2, 0.25) is 0 Å². The number of hydrazine groups is 1. The first-order valence-electron chi connectivity index (χ1n) is 3.26. The number of amides is 1. The molecular weight excluding hydrogens is 116 g/mol. The Hall–Kier alpha value is -0.570. The van der Waals surface area contributed by atoms with Gasteiger partial charge in [-0.05, 0) is 6.42 Å². The van der Waals surface area contributed by atoms with Crippen molar-refractivity contribution in [3.8, 4) is 0 Å². The monoisotopic (exact) mass is 128 g/mol. The van der Waals surface area contributed by atoms with Crippen LogP contribution < -0.4 is 5.43 Å². The van der Waals surface area contributed by atoms with Gasteiger partial charge >= 0.3 is 0 Å². The number of nitrogens with one attached hydrogen (secondary N) is 1. The molecule has 1 rings (SSSR count). The average Bonchev–Trinajstić information content (AvgIpc) is 2.10. The van der Waals surface area contributed by atoms with Crippen LogP contribution in [0.25, 0.3) is 0 Å². The first-order valence-corrected chi connectivity index (χ1v) is 3.26. The highest BCUT2D eigenvalue weighted by molar-refractivity contribution is 5.77. The maximum Gasteiger partial charge on any atom is 0.235 e. The standard InChI is InChI=1S/C6H12N2O/c1-3-5-4-6(9)7-8(5)2/h5H,3-4H2,1-2H3,(H,7,9). The van der Waals surface area contributed by atoms with Crippen LogP contribution in [-0.4, -0.2) is 24.0 Å². The molecule has 1 heterocycles. The summed E-state index contributed by atoms with van der Waals surface area (Å²) in [5.74, 6) is 0.143. The molecular formula is C6H12N2O. The van der Waals surface area contributed by atoms with E-state index in [9.17, 15) is 4.79 Å². The summed E-state index contributed by atoms with van der Waals surface area (Å²) in [6.07, 6.45) is 1.70. The van der Waals surface area contributed by atoms with Gasteiger partial charge in [-0.25, -0.2) is 5.01 Å². The van der Waals surface area contributed by atoms with Crippen molar-refractivity contribution < 1.29 is 4.79 Å². The Bertz CT molecular complexity index is 124. The minimum Gasteiger partial charge on any atom is -0.289 e. The quantitative estimate of drug-likeness (QED) is 0.544. The second-order valence-corrected chi connectivity index (χ2v) is 2.41. The van der Waals surface area contributed by atoms with E-state index in [1.165, 1.54) is 0 Å². The number of carbonyl (C=O) groups excluding carboxylic acids is 1. The van der Waals surface area contributed by atoms with Gasteiger partial charge in [-0.15, -0.1) is 0 Å². The van der Waals surface area contributed by atoms with E-state index in [0.717, 1.165) is 6.42 Å². The molecule has 0 saturated carbocycles. The van der Waals surface area contributed by atoms with Gasteiger partial charge in [0.1, 0.15) is 0 Å². The summed E-state index contributed by atoms with van der Waals surface area (Å²) >= 11 is 0. The van der Waals surface area contributed by atoms with E-state index in [2.05, 4.69) is 12.3 Å². The lowest BCUT2D eigenvalue weighted by Gasteiger charge is -2.14. The highest BCUT2D eigenvalue weighted by Crippen LogP contribution is 2.09. The summed E-state index contributed by atoms with van der Waals surface area (Å²) in [7, 11) is 1.90. The largest absolute Gasteiger partial charge is 0.289 e. The fourth-order valence-electron chi connectivity index (χ4n) is 1.10. The molecule has 9 heavy (non-hydrogen) atoms. The van der Waals surface area contributed by atoms with Crippen molar-refractivity contribution in [3.63, 3.8) is 0 Å². The maximum absolute atomic E-state index is 10.7. The lowest BCUT2D eigenvalue weighted by Crippen LogP contribution is -2.33. The zero-order valence-corrected chi connectivity index (χ0v) is 5.85. The molecule has 0 aliphatic carbocycles. The third-order valence-electron chi connectivity index (χ3n) is 1.74. The van der Waals surface area contributed by atoms with Gasteiger partial charge in [0.15, 0.2) is 0 Å². The fourth-order valence-corrected chi connectivity index (χ4v) is 1.10. The second-order valence-electron chi connectivity index (χ2n) is 2.41. The summed E-state index contributed by atoms with van der Waals surface area (Å²) in [5, 5.41) is 1.88. The molecule has 0 spiro atoms. The minimum atomic E-state index is 0.143. The van der Waals surface area contributed by atoms with E-state index in [-0.39, 0.29) is 5.91 Å². The average molecular weight is 128 g/mol. The second kappa shape index (κ2) is 2.35. The molecule has 1 atom stereocenters. The summed E-state index contributed by atoms with van der Waals surface area (Å²) < 4.78 is 0. The van der Waals surface area contributed by atoms with Crippen LogP contribution >= 0.6 is 0 Å². The highest BCUT2D eigenvalue weighted by atomic mass is 16.2. The molecule has 0 aromatic heterocycles. The molecule has 1 amide bonds. The zero-order chi connectivity index (χ0) is 6.85. The Labute approximate surface area is 55.0 Å². The van der Waals surface area contributed by atoms with Crippen LogP contribution in [0.3, 0.4) is 0 Å². The van der Waals surface area contributed by atoms with E-state index in [1.54, 1.807) is 0 Å². The van der Waals surface area contributed by atoms with Crippen molar-refractivity contribution in [3.05, 3.63) is 0 Å². The normalized spacial score (nSPS) is 28.7. The Morgan fingerprint density at radius 1 is 1.89 bits per heavy atom. The highest BCUT2D eigenvalue weighted by Gasteiger charge is 2.24. The number of carbonyl (C=O) groups is 1. The summed E-state index contributed by atoms with van der Waals surface area (Å²) in [5.41, 5.74) is 2.71. The van der Waals surface area contributed by atoms with Crippen molar-refractivity contribution in [2.24, 2.45) is 0 Å². The third-order valence-corrected chi connectivity index (χ3v) is 1.74. The van der Waals surface area contributed by atoms with Crippen molar-refractivity contribution in [1.82, 2.24) is 10.4 Å². The van der Waals surface area contributed by atoms with Crippen LogP contribution in [-0.2, 0) is 4.79 Å². The van der Waals surface area contributed by atoms with Crippen molar-refractivity contribution in [2.45, 2.75) is 25.8 Å². The molecule has 1 fully saturated rings. The van der Waals surface area contributed by atoms with Crippen LogP contribution in [0.5, 0.6) is 0 Å². The molecule has 0 aromatic rings. The van der Waals surface area contributed by atoms with Crippen molar-refractivity contribution in [1.29, 1.82) is 0 Å².